The molecule has 1 saturated heterocycles. The SMILES string of the molecule is COc1ccccc1-n1c(SCc2nc(C(=O)NCCN3CCCCC3)cs2)nnc1-c1ccco1. The lowest BCUT2D eigenvalue weighted by Gasteiger charge is -2.26. The Balaban J connectivity index is 1.26. The number of ether oxygens (including phenoxy) is 1. The van der Waals surface area contributed by atoms with Crippen LogP contribution in [0.4, 0.5) is 0 Å². The van der Waals surface area contributed by atoms with E-state index < -0.39 is 0 Å². The number of rotatable bonds is 10. The van der Waals surface area contributed by atoms with Gasteiger partial charge in [0.25, 0.3) is 5.91 Å². The van der Waals surface area contributed by atoms with Gasteiger partial charge in [-0.25, -0.2) is 4.98 Å². The summed E-state index contributed by atoms with van der Waals surface area (Å²) >= 11 is 2.96. The third kappa shape index (κ3) is 5.63. The first-order valence-corrected chi connectivity index (χ1v) is 13.8. The predicted octanol–water partition coefficient (Wildman–Crippen LogP) is 4.50. The Hall–Kier alpha value is -3.15. The quantitative estimate of drug-likeness (QED) is 0.303. The van der Waals surface area contributed by atoms with Crippen LogP contribution in [-0.4, -0.2) is 63.8 Å². The van der Waals surface area contributed by atoms with E-state index in [2.05, 4.69) is 25.4 Å². The normalized spacial score (nSPS) is 14.1. The summed E-state index contributed by atoms with van der Waals surface area (Å²) in [5.41, 5.74) is 1.27. The largest absolute Gasteiger partial charge is 0.495 e. The number of amides is 1. The molecule has 36 heavy (non-hydrogen) atoms. The third-order valence-corrected chi connectivity index (χ3v) is 7.94. The topological polar surface area (TPSA) is 98.3 Å². The molecule has 5 rings (SSSR count). The second-order valence-corrected chi connectivity index (χ2v) is 10.2. The molecule has 1 fully saturated rings. The lowest BCUT2D eigenvalue weighted by atomic mass is 10.1. The number of carbonyl (C=O) groups is 1. The fourth-order valence-corrected chi connectivity index (χ4v) is 5.91. The fraction of sp³-hybridized carbons (Fsp3) is 0.360. The molecule has 0 unspecified atom stereocenters. The Morgan fingerprint density at radius 2 is 2.03 bits per heavy atom. The van der Waals surface area contributed by atoms with Gasteiger partial charge < -0.3 is 19.4 Å². The Labute approximate surface area is 217 Å². The maximum atomic E-state index is 12.6. The molecule has 1 aliphatic heterocycles. The lowest BCUT2D eigenvalue weighted by molar-refractivity contribution is 0.0942. The van der Waals surface area contributed by atoms with Gasteiger partial charge in [-0.05, 0) is 50.2 Å². The van der Waals surface area contributed by atoms with Gasteiger partial charge in [0.05, 0.1) is 24.8 Å². The highest BCUT2D eigenvalue weighted by molar-refractivity contribution is 7.98. The van der Waals surface area contributed by atoms with Gasteiger partial charge in [0.2, 0.25) is 5.82 Å². The van der Waals surface area contributed by atoms with Crippen molar-refractivity contribution >= 4 is 29.0 Å². The smallest absolute Gasteiger partial charge is 0.270 e. The summed E-state index contributed by atoms with van der Waals surface area (Å²) in [6, 6.07) is 11.4. The van der Waals surface area contributed by atoms with E-state index in [1.807, 2.05) is 46.3 Å². The van der Waals surface area contributed by atoms with Crippen LogP contribution in [0.25, 0.3) is 17.3 Å². The Morgan fingerprint density at radius 3 is 2.83 bits per heavy atom. The van der Waals surface area contributed by atoms with E-state index in [4.69, 9.17) is 9.15 Å². The molecule has 9 nitrogen and oxygen atoms in total. The summed E-state index contributed by atoms with van der Waals surface area (Å²) in [4.78, 5) is 19.5. The van der Waals surface area contributed by atoms with Crippen LogP contribution in [-0.2, 0) is 5.75 Å². The van der Waals surface area contributed by atoms with E-state index in [-0.39, 0.29) is 5.91 Å². The van der Waals surface area contributed by atoms with Crippen molar-refractivity contribution in [2.75, 3.05) is 33.3 Å². The molecule has 11 heteroatoms. The molecule has 1 amide bonds. The first kappa shape index (κ1) is 24.5. The Bertz CT molecular complexity index is 1280. The molecule has 1 aromatic carbocycles. The summed E-state index contributed by atoms with van der Waals surface area (Å²) in [7, 11) is 1.64. The van der Waals surface area contributed by atoms with Crippen molar-refractivity contribution in [3.05, 3.63) is 58.7 Å². The number of aromatic nitrogens is 4. The molecule has 0 spiro atoms. The van der Waals surface area contributed by atoms with Crippen molar-refractivity contribution in [1.29, 1.82) is 0 Å². The van der Waals surface area contributed by atoms with Crippen LogP contribution in [0.15, 0.2) is 57.6 Å². The fourth-order valence-electron chi connectivity index (χ4n) is 4.17. The van der Waals surface area contributed by atoms with Crippen molar-refractivity contribution in [3.63, 3.8) is 0 Å². The molecule has 0 atom stereocenters. The molecular weight excluding hydrogens is 496 g/mol. The first-order valence-electron chi connectivity index (χ1n) is 11.9. The number of likely N-dealkylation sites (tertiary alicyclic amines) is 1. The van der Waals surface area contributed by atoms with E-state index >= 15 is 0 Å². The number of hydrogen-bond acceptors (Lipinski definition) is 9. The van der Waals surface area contributed by atoms with E-state index in [0.717, 1.165) is 30.3 Å². The molecule has 1 aliphatic rings. The van der Waals surface area contributed by atoms with Gasteiger partial charge in [-0.1, -0.05) is 30.3 Å². The number of hydrogen-bond donors (Lipinski definition) is 1. The van der Waals surface area contributed by atoms with Crippen molar-refractivity contribution in [3.8, 4) is 23.0 Å². The zero-order chi connectivity index (χ0) is 24.7. The van der Waals surface area contributed by atoms with Crippen LogP contribution in [0.5, 0.6) is 5.75 Å². The van der Waals surface area contributed by atoms with Crippen LogP contribution < -0.4 is 10.1 Å². The molecule has 0 saturated carbocycles. The molecule has 188 valence electrons. The van der Waals surface area contributed by atoms with Crippen LogP contribution in [0.1, 0.15) is 34.8 Å². The summed E-state index contributed by atoms with van der Waals surface area (Å²) in [6.45, 7) is 3.76. The highest BCUT2D eigenvalue weighted by atomic mass is 32.2. The van der Waals surface area contributed by atoms with Gasteiger partial charge in [0.1, 0.15) is 16.5 Å². The molecule has 4 aromatic rings. The summed E-state index contributed by atoms with van der Waals surface area (Å²) < 4.78 is 13.1. The number of thiazole rings is 1. The monoisotopic (exact) mass is 524 g/mol. The van der Waals surface area contributed by atoms with Crippen LogP contribution in [0.3, 0.4) is 0 Å². The number of benzene rings is 1. The second kappa shape index (κ2) is 11.7. The van der Waals surface area contributed by atoms with Gasteiger partial charge in [-0.2, -0.15) is 0 Å². The molecule has 3 aromatic heterocycles. The highest BCUT2D eigenvalue weighted by Crippen LogP contribution is 2.34. The van der Waals surface area contributed by atoms with Crippen molar-refractivity contribution in [2.24, 2.45) is 0 Å². The van der Waals surface area contributed by atoms with E-state index in [1.54, 1.807) is 13.4 Å². The average molecular weight is 525 g/mol. The number of methoxy groups -OCH3 is 1. The van der Waals surface area contributed by atoms with Crippen LogP contribution in [0.2, 0.25) is 0 Å². The van der Waals surface area contributed by atoms with Crippen molar-refractivity contribution < 1.29 is 13.9 Å². The Kier molecular flexibility index (Phi) is 7.99. The maximum absolute atomic E-state index is 12.6. The zero-order valence-electron chi connectivity index (χ0n) is 20.1. The van der Waals surface area contributed by atoms with Gasteiger partial charge >= 0.3 is 0 Å². The molecule has 0 radical (unpaired) electrons. The lowest BCUT2D eigenvalue weighted by Crippen LogP contribution is -2.37. The molecule has 0 bridgehead atoms. The number of furan rings is 1. The second-order valence-electron chi connectivity index (χ2n) is 8.36. The van der Waals surface area contributed by atoms with E-state index in [9.17, 15) is 4.79 Å². The molecule has 1 N–H and O–H groups in total. The molecule has 0 aliphatic carbocycles. The van der Waals surface area contributed by atoms with Gasteiger partial charge in [-0.15, -0.1) is 21.5 Å². The number of thioether (sulfide) groups is 1. The standard InChI is InChI=1S/C25H28N6O3S2/c1-33-20-9-4-3-8-19(20)31-23(21-10-7-15-34-21)28-29-25(31)36-17-22-27-18(16-35-22)24(32)26-11-14-30-12-5-2-6-13-30/h3-4,7-10,15-16H,2,5-6,11-14,17H2,1H3,(H,26,32). The van der Waals surface area contributed by atoms with Gasteiger partial charge in [-0.3, -0.25) is 9.36 Å². The predicted molar refractivity (Wildman–Crippen MR) is 140 cm³/mol. The molecule has 4 heterocycles. The van der Waals surface area contributed by atoms with Crippen LogP contribution >= 0.6 is 23.1 Å². The number of nitrogens with zero attached hydrogens (tertiary/aromatic N) is 5. The summed E-state index contributed by atoms with van der Waals surface area (Å²) in [6.07, 6.45) is 5.41. The van der Waals surface area contributed by atoms with E-state index in [1.165, 1.54) is 42.4 Å². The van der Waals surface area contributed by atoms with Crippen molar-refractivity contribution in [1.82, 2.24) is 30.0 Å². The summed E-state index contributed by atoms with van der Waals surface area (Å²) in [5, 5.41) is 15.1. The minimum absolute atomic E-state index is 0.128. The number of piperidine rings is 1. The Morgan fingerprint density at radius 1 is 1.17 bits per heavy atom. The van der Waals surface area contributed by atoms with Gasteiger partial charge in [0, 0.05) is 18.5 Å². The summed E-state index contributed by atoms with van der Waals surface area (Å²) in [5.74, 6) is 2.32. The molecular formula is C25H28N6O3S2. The minimum Gasteiger partial charge on any atom is -0.495 e. The zero-order valence-corrected chi connectivity index (χ0v) is 21.7. The highest BCUT2D eigenvalue weighted by Gasteiger charge is 2.21. The van der Waals surface area contributed by atoms with Crippen molar-refractivity contribution in [2.45, 2.75) is 30.2 Å². The number of para-hydroxylation sites is 2. The minimum atomic E-state index is -0.128. The van der Waals surface area contributed by atoms with Gasteiger partial charge in [0.15, 0.2) is 10.9 Å². The van der Waals surface area contributed by atoms with E-state index in [0.29, 0.717) is 40.5 Å². The van der Waals surface area contributed by atoms with Crippen LogP contribution in [0, 0.1) is 0 Å². The average Bonchev–Trinajstić information content (AvgIpc) is 3.69. The number of carbonyl (C=O) groups excluding carboxylic acids is 1. The first-order chi connectivity index (χ1) is 17.7. The maximum Gasteiger partial charge on any atom is 0.270 e. The number of nitrogens with one attached hydrogen (secondary N) is 1. The third-order valence-electron chi connectivity index (χ3n) is 5.97.